The largest absolute Gasteiger partial charge is 0.495 e. The second-order valence-corrected chi connectivity index (χ2v) is 8.26. The molecule has 9 nitrogen and oxygen atoms in total. The summed E-state index contributed by atoms with van der Waals surface area (Å²) in [6.45, 7) is 3.85. The van der Waals surface area contributed by atoms with E-state index < -0.39 is 0 Å². The minimum atomic E-state index is -0.348. The number of methoxy groups -OCH3 is 1. The van der Waals surface area contributed by atoms with E-state index in [9.17, 15) is 4.79 Å². The first-order valence-corrected chi connectivity index (χ1v) is 11.2. The predicted molar refractivity (Wildman–Crippen MR) is 128 cm³/mol. The van der Waals surface area contributed by atoms with Crippen molar-refractivity contribution in [3.05, 3.63) is 42.7 Å². The number of amides is 1. The van der Waals surface area contributed by atoms with Crippen LogP contribution < -0.4 is 25.6 Å². The lowest BCUT2D eigenvalue weighted by molar-refractivity contribution is -0.119. The van der Waals surface area contributed by atoms with Crippen LogP contribution in [0.25, 0.3) is 10.9 Å². The molecule has 0 radical (unpaired) electrons. The number of benzene rings is 2. The van der Waals surface area contributed by atoms with Crippen molar-refractivity contribution in [2.45, 2.75) is 18.9 Å². The second-order valence-electron chi connectivity index (χ2n) is 8.26. The van der Waals surface area contributed by atoms with E-state index in [0.717, 1.165) is 60.4 Å². The number of hydrogen-bond acceptors (Lipinski definition) is 8. The number of nitrogens with zero attached hydrogens (tertiary/aromatic N) is 4. The van der Waals surface area contributed by atoms with E-state index in [-0.39, 0.29) is 11.9 Å². The van der Waals surface area contributed by atoms with Crippen molar-refractivity contribution in [2.75, 3.05) is 55.1 Å². The van der Waals surface area contributed by atoms with Crippen molar-refractivity contribution < 1.29 is 14.3 Å². The van der Waals surface area contributed by atoms with Crippen LogP contribution in [0.5, 0.6) is 5.75 Å². The third-order valence-corrected chi connectivity index (χ3v) is 6.34. The monoisotopic (exact) mass is 448 g/mol. The zero-order valence-electron chi connectivity index (χ0n) is 18.7. The number of nitrogens with two attached hydrogens (primary N) is 1. The molecule has 5 rings (SSSR count). The summed E-state index contributed by atoms with van der Waals surface area (Å²) in [5.41, 5.74) is 9.33. The summed E-state index contributed by atoms with van der Waals surface area (Å²) < 4.78 is 11.2. The van der Waals surface area contributed by atoms with Crippen molar-refractivity contribution >= 4 is 39.7 Å². The van der Waals surface area contributed by atoms with Crippen molar-refractivity contribution in [2.24, 2.45) is 5.73 Å². The zero-order chi connectivity index (χ0) is 22.8. The van der Waals surface area contributed by atoms with Crippen LogP contribution in [-0.4, -0.2) is 61.9 Å². The summed E-state index contributed by atoms with van der Waals surface area (Å²) in [4.78, 5) is 25.4. The minimum absolute atomic E-state index is 0.322. The van der Waals surface area contributed by atoms with Crippen LogP contribution in [0.2, 0.25) is 0 Å². The van der Waals surface area contributed by atoms with E-state index >= 15 is 0 Å². The topological polar surface area (TPSA) is 106 Å². The highest BCUT2D eigenvalue weighted by molar-refractivity contribution is 5.97. The summed E-state index contributed by atoms with van der Waals surface area (Å²) in [6.07, 6.45) is 3.18. The maximum absolute atomic E-state index is 12.0. The summed E-state index contributed by atoms with van der Waals surface area (Å²) in [6, 6.07) is 11.7. The molecule has 9 heteroatoms. The SMILES string of the molecule is COc1cc2ncnc(Nc3ccccc3N3CCOCC3)c2cc1N1CCCC1C(N)=O. The Morgan fingerprint density at radius 1 is 1.15 bits per heavy atom. The van der Waals surface area contributed by atoms with Gasteiger partial charge in [-0.3, -0.25) is 4.79 Å². The Labute approximate surface area is 192 Å². The van der Waals surface area contributed by atoms with Crippen LogP contribution in [0.3, 0.4) is 0 Å². The van der Waals surface area contributed by atoms with E-state index in [1.807, 2.05) is 35.2 Å². The average Bonchev–Trinajstić information content (AvgIpc) is 3.35. The van der Waals surface area contributed by atoms with Crippen LogP contribution >= 0.6 is 0 Å². The number of para-hydroxylation sites is 2. The first-order valence-electron chi connectivity index (χ1n) is 11.2. The van der Waals surface area contributed by atoms with Crippen molar-refractivity contribution in [3.8, 4) is 5.75 Å². The van der Waals surface area contributed by atoms with Gasteiger partial charge < -0.3 is 30.3 Å². The van der Waals surface area contributed by atoms with E-state index in [1.54, 1.807) is 13.4 Å². The highest BCUT2D eigenvalue weighted by Crippen LogP contribution is 2.39. The number of hydrogen-bond donors (Lipinski definition) is 2. The van der Waals surface area contributed by atoms with Crippen LogP contribution in [0.4, 0.5) is 22.9 Å². The van der Waals surface area contributed by atoms with Gasteiger partial charge >= 0.3 is 0 Å². The van der Waals surface area contributed by atoms with Gasteiger partial charge in [-0.2, -0.15) is 0 Å². The van der Waals surface area contributed by atoms with E-state index in [2.05, 4.69) is 26.3 Å². The van der Waals surface area contributed by atoms with Gasteiger partial charge in [-0.1, -0.05) is 12.1 Å². The fraction of sp³-hybridized carbons (Fsp3) is 0.375. The van der Waals surface area contributed by atoms with Gasteiger partial charge in [0.15, 0.2) is 0 Å². The molecule has 2 aliphatic heterocycles. The summed E-state index contributed by atoms with van der Waals surface area (Å²) in [5, 5.41) is 4.36. The molecule has 1 unspecified atom stereocenters. The highest BCUT2D eigenvalue weighted by Gasteiger charge is 2.31. The highest BCUT2D eigenvalue weighted by atomic mass is 16.5. The van der Waals surface area contributed by atoms with Gasteiger partial charge in [-0.25, -0.2) is 9.97 Å². The molecule has 1 atom stereocenters. The van der Waals surface area contributed by atoms with Gasteiger partial charge in [0, 0.05) is 31.1 Å². The van der Waals surface area contributed by atoms with Crippen LogP contribution in [0, 0.1) is 0 Å². The molecule has 1 amide bonds. The zero-order valence-corrected chi connectivity index (χ0v) is 18.7. The van der Waals surface area contributed by atoms with Gasteiger partial charge in [0.2, 0.25) is 5.91 Å². The molecule has 0 aliphatic carbocycles. The van der Waals surface area contributed by atoms with E-state index in [4.69, 9.17) is 15.2 Å². The van der Waals surface area contributed by atoms with E-state index in [0.29, 0.717) is 24.8 Å². The van der Waals surface area contributed by atoms with Crippen LogP contribution in [0.1, 0.15) is 12.8 Å². The third kappa shape index (κ3) is 4.11. The lowest BCUT2D eigenvalue weighted by Crippen LogP contribution is -2.40. The van der Waals surface area contributed by atoms with Gasteiger partial charge in [0.05, 0.1) is 42.9 Å². The third-order valence-electron chi connectivity index (χ3n) is 6.34. The number of rotatable bonds is 6. The lowest BCUT2D eigenvalue weighted by atomic mass is 10.1. The first kappa shape index (κ1) is 21.3. The van der Waals surface area contributed by atoms with Crippen LogP contribution in [-0.2, 0) is 9.53 Å². The minimum Gasteiger partial charge on any atom is -0.495 e. The fourth-order valence-corrected chi connectivity index (χ4v) is 4.70. The molecular formula is C24H28N6O3. The maximum Gasteiger partial charge on any atom is 0.240 e. The predicted octanol–water partition coefficient (Wildman–Crippen LogP) is 2.67. The molecular weight excluding hydrogens is 420 g/mol. The number of carbonyl (C=O) groups is 1. The number of anilines is 4. The average molecular weight is 449 g/mol. The molecule has 2 fully saturated rings. The van der Waals surface area contributed by atoms with Gasteiger partial charge in [0.1, 0.15) is 23.9 Å². The molecule has 1 aromatic heterocycles. The lowest BCUT2D eigenvalue weighted by Gasteiger charge is -2.30. The van der Waals surface area contributed by atoms with Crippen molar-refractivity contribution in [1.29, 1.82) is 0 Å². The standard InChI is InChI=1S/C24H28N6O3/c1-32-22-14-18-16(13-21(22)30-8-4-7-20(30)23(25)31)24(27-15-26-18)28-17-5-2-3-6-19(17)29-9-11-33-12-10-29/h2-3,5-6,13-15,20H,4,7-12H2,1H3,(H2,25,31)(H,26,27,28). The number of morpholine rings is 1. The van der Waals surface area contributed by atoms with Gasteiger partial charge in [-0.15, -0.1) is 0 Å². The Hall–Kier alpha value is -3.59. The number of aromatic nitrogens is 2. The number of carbonyl (C=O) groups excluding carboxylic acids is 1. The number of nitrogens with one attached hydrogen (secondary N) is 1. The van der Waals surface area contributed by atoms with Crippen molar-refractivity contribution in [3.63, 3.8) is 0 Å². The second kappa shape index (κ2) is 9.11. The first-order chi connectivity index (χ1) is 16.2. The molecule has 33 heavy (non-hydrogen) atoms. The number of fused-ring (bicyclic) bond motifs is 1. The molecule has 172 valence electrons. The molecule has 0 saturated carbocycles. The van der Waals surface area contributed by atoms with Crippen LogP contribution in [0.15, 0.2) is 42.7 Å². The Morgan fingerprint density at radius 3 is 2.76 bits per heavy atom. The smallest absolute Gasteiger partial charge is 0.240 e. The van der Waals surface area contributed by atoms with Crippen molar-refractivity contribution in [1.82, 2.24) is 9.97 Å². The molecule has 2 aromatic carbocycles. The molecule has 0 spiro atoms. The molecule has 3 aromatic rings. The quantitative estimate of drug-likeness (QED) is 0.593. The Bertz CT molecular complexity index is 1160. The normalized spacial score (nSPS) is 18.5. The summed E-state index contributed by atoms with van der Waals surface area (Å²) in [5.74, 6) is 1.03. The number of ether oxygens (including phenoxy) is 2. The fourth-order valence-electron chi connectivity index (χ4n) is 4.70. The van der Waals surface area contributed by atoms with E-state index in [1.165, 1.54) is 0 Å². The number of primary amides is 1. The Morgan fingerprint density at radius 2 is 1.97 bits per heavy atom. The molecule has 2 saturated heterocycles. The molecule has 3 N–H and O–H groups in total. The van der Waals surface area contributed by atoms with Gasteiger partial charge in [0.25, 0.3) is 0 Å². The molecule has 0 bridgehead atoms. The van der Waals surface area contributed by atoms with Gasteiger partial charge in [-0.05, 0) is 31.0 Å². The molecule has 3 heterocycles. The summed E-state index contributed by atoms with van der Waals surface area (Å²) in [7, 11) is 1.62. The molecule has 2 aliphatic rings. The summed E-state index contributed by atoms with van der Waals surface area (Å²) >= 11 is 0. The Balaban J connectivity index is 1.56. The maximum atomic E-state index is 12.0. The Kier molecular flexibility index (Phi) is 5.87.